The molecule has 1 aromatic rings. The lowest BCUT2D eigenvalue weighted by Gasteiger charge is -2.28. The third-order valence-electron chi connectivity index (χ3n) is 3.60. The zero-order valence-corrected chi connectivity index (χ0v) is 11.6. The largest absolute Gasteiger partial charge is 0.481 e. The fraction of sp³-hybridized carbons (Fsp3) is 0.467. The number of carboxylic acids is 1. The second-order valence-electron chi connectivity index (χ2n) is 5.30. The van der Waals surface area contributed by atoms with Crippen molar-refractivity contribution in [3.05, 3.63) is 24.3 Å². The smallest absolute Gasteiger partial charge is 0.306 e. The Hall–Kier alpha value is -2.04. The lowest BCUT2D eigenvalue weighted by Crippen LogP contribution is -2.30. The van der Waals surface area contributed by atoms with Crippen LogP contribution >= 0.6 is 0 Å². The molecule has 1 amide bonds. The Balaban J connectivity index is 1.92. The second kappa shape index (κ2) is 6.41. The van der Waals surface area contributed by atoms with Crippen molar-refractivity contribution >= 4 is 23.3 Å². The number of benzene rings is 1. The number of carbonyl (C=O) groups excluding carboxylic acids is 1. The first-order chi connectivity index (χ1) is 9.54. The van der Waals surface area contributed by atoms with E-state index in [0.29, 0.717) is 6.42 Å². The number of carboxylic acid groups (broad SMARTS) is 1. The molecule has 1 aromatic carbocycles. The standard InChI is InChI=1S/C15H20N2O3/c1-10(18)16-12-5-7-13(8-6-12)17-14-4-2-3-11(9-14)15(19)20/h5-8,11,14,17H,2-4,9H2,1H3,(H,16,18)(H,19,20). The molecule has 0 saturated heterocycles. The number of hydrogen-bond donors (Lipinski definition) is 3. The molecule has 0 radical (unpaired) electrons. The van der Waals surface area contributed by atoms with Gasteiger partial charge in [-0.2, -0.15) is 0 Å². The molecule has 0 bridgehead atoms. The van der Waals surface area contributed by atoms with Gasteiger partial charge in [-0.15, -0.1) is 0 Å². The molecular formula is C15H20N2O3. The van der Waals surface area contributed by atoms with E-state index < -0.39 is 5.97 Å². The monoisotopic (exact) mass is 276 g/mol. The summed E-state index contributed by atoms with van der Waals surface area (Å²) in [6, 6.07) is 7.67. The van der Waals surface area contributed by atoms with Crippen LogP contribution in [0, 0.1) is 5.92 Å². The van der Waals surface area contributed by atoms with Crippen LogP contribution in [0.15, 0.2) is 24.3 Å². The van der Waals surface area contributed by atoms with Crippen LogP contribution < -0.4 is 10.6 Å². The van der Waals surface area contributed by atoms with Crippen LogP contribution in [0.25, 0.3) is 0 Å². The van der Waals surface area contributed by atoms with Gasteiger partial charge >= 0.3 is 5.97 Å². The van der Waals surface area contributed by atoms with E-state index >= 15 is 0 Å². The molecule has 5 heteroatoms. The third-order valence-corrected chi connectivity index (χ3v) is 3.60. The lowest BCUT2D eigenvalue weighted by molar-refractivity contribution is -0.142. The Kier molecular flexibility index (Phi) is 4.61. The molecule has 1 aliphatic rings. The van der Waals surface area contributed by atoms with E-state index in [1.54, 1.807) is 0 Å². The number of anilines is 2. The van der Waals surface area contributed by atoms with Crippen LogP contribution in [0.5, 0.6) is 0 Å². The van der Waals surface area contributed by atoms with Crippen LogP contribution in [0.1, 0.15) is 32.6 Å². The number of amides is 1. The Morgan fingerprint density at radius 2 is 1.80 bits per heavy atom. The second-order valence-corrected chi connectivity index (χ2v) is 5.30. The molecule has 1 aliphatic carbocycles. The van der Waals surface area contributed by atoms with Gasteiger partial charge in [-0.25, -0.2) is 0 Å². The first-order valence-electron chi connectivity index (χ1n) is 6.91. The maximum absolute atomic E-state index is 11.0. The van der Waals surface area contributed by atoms with Crippen molar-refractivity contribution in [3.8, 4) is 0 Å². The average molecular weight is 276 g/mol. The van der Waals surface area contributed by atoms with Gasteiger partial charge in [0, 0.05) is 24.3 Å². The van der Waals surface area contributed by atoms with Gasteiger partial charge in [-0.3, -0.25) is 9.59 Å². The summed E-state index contributed by atoms with van der Waals surface area (Å²) in [5.41, 5.74) is 1.71. The molecule has 2 unspecified atom stereocenters. The van der Waals surface area contributed by atoms with Crippen LogP contribution in [-0.2, 0) is 9.59 Å². The highest BCUT2D eigenvalue weighted by molar-refractivity contribution is 5.88. The molecule has 108 valence electrons. The van der Waals surface area contributed by atoms with Crippen molar-refractivity contribution in [1.82, 2.24) is 0 Å². The molecule has 1 fully saturated rings. The molecule has 20 heavy (non-hydrogen) atoms. The Morgan fingerprint density at radius 1 is 1.15 bits per heavy atom. The lowest BCUT2D eigenvalue weighted by atomic mass is 9.85. The summed E-state index contributed by atoms with van der Waals surface area (Å²) in [6.45, 7) is 1.47. The number of aliphatic carboxylic acids is 1. The average Bonchev–Trinajstić information content (AvgIpc) is 2.41. The first kappa shape index (κ1) is 14.4. The van der Waals surface area contributed by atoms with Crippen molar-refractivity contribution in [1.29, 1.82) is 0 Å². The van der Waals surface area contributed by atoms with Crippen LogP contribution in [0.4, 0.5) is 11.4 Å². The van der Waals surface area contributed by atoms with E-state index in [4.69, 9.17) is 5.11 Å². The summed E-state index contributed by atoms with van der Waals surface area (Å²) in [5.74, 6) is -1.03. The molecular weight excluding hydrogens is 256 g/mol. The maximum atomic E-state index is 11.0. The van der Waals surface area contributed by atoms with Gasteiger partial charge in [0.05, 0.1) is 5.92 Å². The molecule has 0 aromatic heterocycles. The van der Waals surface area contributed by atoms with E-state index in [0.717, 1.165) is 30.6 Å². The van der Waals surface area contributed by atoms with Crippen molar-refractivity contribution in [3.63, 3.8) is 0 Å². The zero-order chi connectivity index (χ0) is 14.5. The van der Waals surface area contributed by atoms with Crippen LogP contribution in [0.2, 0.25) is 0 Å². The van der Waals surface area contributed by atoms with Gasteiger partial charge in [-0.1, -0.05) is 6.42 Å². The number of carbonyl (C=O) groups is 2. The van der Waals surface area contributed by atoms with Gasteiger partial charge in [-0.05, 0) is 43.5 Å². The summed E-state index contributed by atoms with van der Waals surface area (Å²) in [4.78, 5) is 22.0. The molecule has 5 nitrogen and oxygen atoms in total. The summed E-state index contributed by atoms with van der Waals surface area (Å²) in [7, 11) is 0. The van der Waals surface area contributed by atoms with Crippen LogP contribution in [0.3, 0.4) is 0 Å². The van der Waals surface area contributed by atoms with E-state index in [-0.39, 0.29) is 17.9 Å². The number of hydrogen-bond acceptors (Lipinski definition) is 3. The number of nitrogens with one attached hydrogen (secondary N) is 2. The normalized spacial score (nSPS) is 22.1. The van der Waals surface area contributed by atoms with Crippen molar-refractivity contribution < 1.29 is 14.7 Å². The van der Waals surface area contributed by atoms with E-state index in [9.17, 15) is 9.59 Å². The molecule has 2 rings (SSSR count). The Bertz CT molecular complexity index is 484. The highest BCUT2D eigenvalue weighted by atomic mass is 16.4. The summed E-state index contributed by atoms with van der Waals surface area (Å²) in [6.07, 6.45) is 3.38. The molecule has 0 spiro atoms. The van der Waals surface area contributed by atoms with Gasteiger partial charge in [0.2, 0.25) is 5.91 Å². The number of rotatable bonds is 4. The van der Waals surface area contributed by atoms with Crippen molar-refractivity contribution in [2.75, 3.05) is 10.6 Å². The van der Waals surface area contributed by atoms with Gasteiger partial charge < -0.3 is 15.7 Å². The predicted octanol–water partition coefficient (Wildman–Crippen LogP) is 2.70. The minimum Gasteiger partial charge on any atom is -0.481 e. The van der Waals surface area contributed by atoms with Crippen LogP contribution in [-0.4, -0.2) is 23.0 Å². The molecule has 1 saturated carbocycles. The quantitative estimate of drug-likeness (QED) is 0.790. The van der Waals surface area contributed by atoms with E-state index in [2.05, 4.69) is 10.6 Å². The first-order valence-corrected chi connectivity index (χ1v) is 6.91. The summed E-state index contributed by atoms with van der Waals surface area (Å²) in [5, 5.41) is 15.2. The van der Waals surface area contributed by atoms with E-state index in [1.807, 2.05) is 24.3 Å². The van der Waals surface area contributed by atoms with Gasteiger partial charge in [0.1, 0.15) is 0 Å². The summed E-state index contributed by atoms with van der Waals surface area (Å²) < 4.78 is 0. The molecule has 3 N–H and O–H groups in total. The minimum absolute atomic E-state index is 0.0951. The van der Waals surface area contributed by atoms with Crippen molar-refractivity contribution in [2.45, 2.75) is 38.6 Å². The predicted molar refractivity (Wildman–Crippen MR) is 77.8 cm³/mol. The topological polar surface area (TPSA) is 78.4 Å². The molecule has 0 heterocycles. The van der Waals surface area contributed by atoms with Gasteiger partial charge in [0.25, 0.3) is 0 Å². The maximum Gasteiger partial charge on any atom is 0.306 e. The molecule has 0 aliphatic heterocycles. The summed E-state index contributed by atoms with van der Waals surface area (Å²) >= 11 is 0. The highest BCUT2D eigenvalue weighted by Gasteiger charge is 2.26. The minimum atomic E-state index is -0.697. The Labute approximate surface area is 118 Å². The zero-order valence-electron chi connectivity index (χ0n) is 11.6. The fourth-order valence-corrected chi connectivity index (χ4v) is 2.63. The Morgan fingerprint density at radius 3 is 2.40 bits per heavy atom. The van der Waals surface area contributed by atoms with Crippen molar-refractivity contribution in [2.24, 2.45) is 5.92 Å². The van der Waals surface area contributed by atoms with E-state index in [1.165, 1.54) is 6.92 Å². The highest BCUT2D eigenvalue weighted by Crippen LogP contribution is 2.27. The third kappa shape index (κ3) is 3.98. The van der Waals surface area contributed by atoms with Gasteiger partial charge in [0.15, 0.2) is 0 Å². The molecule has 2 atom stereocenters. The fourth-order valence-electron chi connectivity index (χ4n) is 2.63. The SMILES string of the molecule is CC(=O)Nc1ccc(NC2CCCC(C(=O)O)C2)cc1.